The number of aryl methyl sites for hydroxylation is 2. The fraction of sp³-hybridized carbons (Fsp3) is 0.500. The van der Waals surface area contributed by atoms with Gasteiger partial charge in [0.15, 0.2) is 0 Å². The molecule has 108 valence electrons. The van der Waals surface area contributed by atoms with Crippen molar-refractivity contribution in [3.8, 4) is 0 Å². The Bertz CT molecular complexity index is 572. The summed E-state index contributed by atoms with van der Waals surface area (Å²) in [6, 6.07) is -0.321. The first-order chi connectivity index (χ1) is 9.61. The van der Waals surface area contributed by atoms with Gasteiger partial charge in [-0.2, -0.15) is 5.10 Å². The summed E-state index contributed by atoms with van der Waals surface area (Å²) in [4.78, 5) is 16.4. The van der Waals surface area contributed by atoms with Gasteiger partial charge in [-0.05, 0) is 25.8 Å². The highest BCUT2D eigenvalue weighted by Crippen LogP contribution is 2.06. The van der Waals surface area contributed by atoms with E-state index in [-0.39, 0.29) is 11.9 Å². The van der Waals surface area contributed by atoms with Crippen molar-refractivity contribution < 1.29 is 4.79 Å². The van der Waals surface area contributed by atoms with Crippen LogP contribution in [-0.2, 0) is 17.9 Å². The largest absolute Gasteiger partial charge is 0.347 e. The maximum absolute atomic E-state index is 12.1. The minimum atomic E-state index is -0.321. The molecule has 2 rings (SSSR count). The van der Waals surface area contributed by atoms with Gasteiger partial charge in [0.05, 0.1) is 12.7 Å². The van der Waals surface area contributed by atoms with E-state index in [9.17, 15) is 4.79 Å². The zero-order chi connectivity index (χ0) is 14.5. The SMILES string of the molecule is CCCn1ccnc1CNC(=O)C(C)n1cc(C)cn1. The van der Waals surface area contributed by atoms with Crippen LogP contribution in [0, 0.1) is 6.92 Å². The summed E-state index contributed by atoms with van der Waals surface area (Å²) in [6.07, 6.45) is 8.35. The van der Waals surface area contributed by atoms with Crippen molar-refractivity contribution in [1.82, 2.24) is 24.6 Å². The predicted molar refractivity (Wildman–Crippen MR) is 76.0 cm³/mol. The summed E-state index contributed by atoms with van der Waals surface area (Å²) in [5, 5.41) is 7.07. The number of carbonyl (C=O) groups excluding carboxylic acids is 1. The Hall–Kier alpha value is -2.11. The average Bonchev–Trinajstić information content (AvgIpc) is 3.05. The van der Waals surface area contributed by atoms with Crippen LogP contribution in [0.25, 0.3) is 0 Å². The normalized spacial score (nSPS) is 12.3. The molecule has 0 aliphatic rings. The van der Waals surface area contributed by atoms with Crippen molar-refractivity contribution in [2.24, 2.45) is 0 Å². The Labute approximate surface area is 118 Å². The number of nitrogens with one attached hydrogen (secondary N) is 1. The van der Waals surface area contributed by atoms with Crippen LogP contribution in [0.15, 0.2) is 24.8 Å². The van der Waals surface area contributed by atoms with Crippen molar-refractivity contribution in [2.75, 3.05) is 0 Å². The molecule has 20 heavy (non-hydrogen) atoms. The monoisotopic (exact) mass is 275 g/mol. The third-order valence-electron chi connectivity index (χ3n) is 3.19. The van der Waals surface area contributed by atoms with Crippen molar-refractivity contribution in [3.63, 3.8) is 0 Å². The van der Waals surface area contributed by atoms with Gasteiger partial charge in [-0.15, -0.1) is 0 Å². The number of amides is 1. The Morgan fingerprint density at radius 3 is 2.95 bits per heavy atom. The maximum atomic E-state index is 12.1. The van der Waals surface area contributed by atoms with Gasteiger partial charge in [0.1, 0.15) is 11.9 Å². The summed E-state index contributed by atoms with van der Waals surface area (Å²) < 4.78 is 3.73. The molecule has 1 atom stereocenters. The molecule has 2 aromatic rings. The van der Waals surface area contributed by atoms with Crippen molar-refractivity contribution in [3.05, 3.63) is 36.2 Å². The van der Waals surface area contributed by atoms with Crippen molar-refractivity contribution in [1.29, 1.82) is 0 Å². The minimum Gasteiger partial charge on any atom is -0.347 e. The van der Waals surface area contributed by atoms with Gasteiger partial charge in [-0.1, -0.05) is 6.92 Å². The van der Waals surface area contributed by atoms with Crippen LogP contribution in [0.1, 0.15) is 37.7 Å². The quantitative estimate of drug-likeness (QED) is 0.872. The lowest BCUT2D eigenvalue weighted by Gasteiger charge is -2.13. The van der Waals surface area contributed by atoms with Gasteiger partial charge >= 0.3 is 0 Å². The molecule has 1 amide bonds. The first-order valence-corrected chi connectivity index (χ1v) is 6.90. The maximum Gasteiger partial charge on any atom is 0.244 e. The zero-order valence-corrected chi connectivity index (χ0v) is 12.2. The van der Waals surface area contributed by atoms with E-state index in [4.69, 9.17) is 0 Å². The highest BCUT2D eigenvalue weighted by atomic mass is 16.2. The van der Waals surface area contributed by atoms with E-state index in [1.54, 1.807) is 17.1 Å². The van der Waals surface area contributed by atoms with E-state index >= 15 is 0 Å². The molecule has 1 unspecified atom stereocenters. The van der Waals surface area contributed by atoms with Crippen LogP contribution >= 0.6 is 0 Å². The van der Waals surface area contributed by atoms with Crippen molar-refractivity contribution >= 4 is 5.91 Å². The number of hydrogen-bond acceptors (Lipinski definition) is 3. The fourth-order valence-electron chi connectivity index (χ4n) is 2.03. The van der Waals surface area contributed by atoms with Gasteiger partial charge < -0.3 is 9.88 Å². The number of imidazole rings is 1. The van der Waals surface area contributed by atoms with Crippen molar-refractivity contribution in [2.45, 2.75) is 46.3 Å². The summed E-state index contributed by atoms with van der Waals surface area (Å²) in [6.45, 7) is 7.26. The van der Waals surface area contributed by atoms with E-state index in [1.807, 2.05) is 26.2 Å². The van der Waals surface area contributed by atoms with Crippen LogP contribution in [0.5, 0.6) is 0 Å². The number of carbonyl (C=O) groups is 1. The van der Waals surface area contributed by atoms with Gasteiger partial charge in [0.25, 0.3) is 0 Å². The Morgan fingerprint density at radius 1 is 1.50 bits per heavy atom. The smallest absolute Gasteiger partial charge is 0.244 e. The topological polar surface area (TPSA) is 64.7 Å². The molecule has 0 saturated heterocycles. The van der Waals surface area contributed by atoms with Crippen LogP contribution < -0.4 is 5.32 Å². The summed E-state index contributed by atoms with van der Waals surface area (Å²) in [7, 11) is 0. The third kappa shape index (κ3) is 3.26. The molecule has 1 N–H and O–H groups in total. The van der Waals surface area contributed by atoms with E-state index in [0.717, 1.165) is 24.4 Å². The second-order valence-electron chi connectivity index (χ2n) is 4.93. The predicted octanol–water partition coefficient (Wildman–Crippen LogP) is 1.68. The number of nitrogens with zero attached hydrogens (tertiary/aromatic N) is 4. The van der Waals surface area contributed by atoms with Crippen LogP contribution in [0.2, 0.25) is 0 Å². The van der Waals surface area contributed by atoms with E-state index in [2.05, 4.69) is 26.9 Å². The zero-order valence-electron chi connectivity index (χ0n) is 12.2. The number of rotatable bonds is 6. The molecule has 0 fully saturated rings. The fourth-order valence-corrected chi connectivity index (χ4v) is 2.03. The molecule has 0 aromatic carbocycles. The molecular formula is C14H21N5O. The second-order valence-corrected chi connectivity index (χ2v) is 4.93. The van der Waals surface area contributed by atoms with Crippen LogP contribution in [-0.4, -0.2) is 25.2 Å². The Kier molecular flexibility index (Phi) is 4.55. The van der Waals surface area contributed by atoms with Crippen LogP contribution in [0.4, 0.5) is 0 Å². The molecule has 2 heterocycles. The van der Waals surface area contributed by atoms with Gasteiger partial charge in [-0.3, -0.25) is 9.48 Å². The molecule has 0 saturated carbocycles. The van der Waals surface area contributed by atoms with Gasteiger partial charge in [0.2, 0.25) is 5.91 Å². The summed E-state index contributed by atoms with van der Waals surface area (Å²) >= 11 is 0. The van der Waals surface area contributed by atoms with Gasteiger partial charge in [0, 0.05) is 25.1 Å². The van der Waals surface area contributed by atoms with E-state index in [1.165, 1.54) is 0 Å². The molecule has 0 radical (unpaired) electrons. The lowest BCUT2D eigenvalue weighted by atomic mass is 10.3. The second kappa shape index (κ2) is 6.36. The van der Waals surface area contributed by atoms with Gasteiger partial charge in [-0.25, -0.2) is 4.98 Å². The Balaban J connectivity index is 1.93. The minimum absolute atomic E-state index is 0.0563. The molecule has 0 spiro atoms. The lowest BCUT2D eigenvalue weighted by molar-refractivity contribution is -0.124. The Morgan fingerprint density at radius 2 is 2.30 bits per heavy atom. The molecule has 0 aliphatic heterocycles. The lowest BCUT2D eigenvalue weighted by Crippen LogP contribution is -2.31. The average molecular weight is 275 g/mol. The molecule has 0 aliphatic carbocycles. The van der Waals surface area contributed by atoms with E-state index < -0.39 is 0 Å². The molecular weight excluding hydrogens is 254 g/mol. The molecule has 6 nitrogen and oxygen atoms in total. The molecule has 2 aromatic heterocycles. The highest BCUT2D eigenvalue weighted by Gasteiger charge is 2.15. The standard InChI is InChI=1S/C14H21N5O/c1-4-6-18-7-5-15-13(18)9-16-14(20)12(3)19-10-11(2)8-17-19/h5,7-8,10,12H,4,6,9H2,1-3H3,(H,16,20). The number of aromatic nitrogens is 4. The summed E-state index contributed by atoms with van der Waals surface area (Å²) in [5.74, 6) is 0.822. The van der Waals surface area contributed by atoms with Crippen LogP contribution in [0.3, 0.4) is 0 Å². The molecule has 6 heteroatoms. The summed E-state index contributed by atoms with van der Waals surface area (Å²) in [5.41, 5.74) is 1.04. The third-order valence-corrected chi connectivity index (χ3v) is 3.19. The van der Waals surface area contributed by atoms with E-state index in [0.29, 0.717) is 6.54 Å². The highest BCUT2D eigenvalue weighted by molar-refractivity contribution is 5.79. The number of hydrogen-bond donors (Lipinski definition) is 1. The molecule has 0 bridgehead atoms. The first-order valence-electron chi connectivity index (χ1n) is 6.90. The first kappa shape index (κ1) is 14.3.